The zero-order valence-corrected chi connectivity index (χ0v) is 14.9. The second kappa shape index (κ2) is 8.14. The first kappa shape index (κ1) is 19.0. The van der Waals surface area contributed by atoms with E-state index < -0.39 is 24.1 Å². The lowest BCUT2D eigenvalue weighted by molar-refractivity contribution is -0.166. The minimum atomic E-state index is -1.22. The number of carbonyl (C=O) groups excluding carboxylic acids is 2. The molecule has 1 aliphatic heterocycles. The fourth-order valence-electron chi connectivity index (χ4n) is 2.53. The highest BCUT2D eigenvalue weighted by atomic mass is 19.1. The van der Waals surface area contributed by atoms with Gasteiger partial charge in [-0.05, 0) is 25.8 Å². The molecule has 136 valence electrons. The van der Waals surface area contributed by atoms with Gasteiger partial charge in [-0.15, -0.1) is 0 Å². The lowest BCUT2D eigenvalue weighted by Crippen LogP contribution is -2.56. The lowest BCUT2D eigenvalue weighted by Gasteiger charge is -2.39. The van der Waals surface area contributed by atoms with Gasteiger partial charge < -0.3 is 9.47 Å². The predicted octanol–water partition coefficient (Wildman–Crippen LogP) is 3.31. The number of esters is 1. The van der Waals surface area contributed by atoms with Crippen LogP contribution in [-0.4, -0.2) is 42.3 Å². The highest BCUT2D eigenvalue weighted by molar-refractivity contribution is 6.21. The van der Waals surface area contributed by atoms with E-state index in [2.05, 4.69) is 0 Å². The van der Waals surface area contributed by atoms with Crippen molar-refractivity contribution in [2.75, 3.05) is 20.0 Å². The smallest absolute Gasteiger partial charge is 0.331 e. The summed E-state index contributed by atoms with van der Waals surface area (Å²) < 4.78 is 24.0. The Bertz CT molecular complexity index is 655. The van der Waals surface area contributed by atoms with Gasteiger partial charge in [-0.1, -0.05) is 43.7 Å². The van der Waals surface area contributed by atoms with E-state index in [0.29, 0.717) is 12.2 Å². The maximum absolute atomic E-state index is 13.3. The molecule has 0 saturated heterocycles. The maximum Gasteiger partial charge on any atom is 0.331 e. The van der Waals surface area contributed by atoms with Crippen LogP contribution in [0.15, 0.2) is 36.1 Å². The topological polar surface area (TPSA) is 55.8 Å². The lowest BCUT2D eigenvalue weighted by atomic mass is 9.97. The van der Waals surface area contributed by atoms with Gasteiger partial charge in [-0.2, -0.15) is 0 Å². The number of nitrogens with zero attached hydrogens (tertiary/aromatic N) is 1. The molecular weight excluding hydrogens is 325 g/mol. The number of rotatable bonds is 7. The summed E-state index contributed by atoms with van der Waals surface area (Å²) in [6.07, 6.45) is 1.66. The van der Waals surface area contributed by atoms with E-state index in [9.17, 15) is 14.0 Å². The fourth-order valence-corrected chi connectivity index (χ4v) is 2.53. The third-order valence-corrected chi connectivity index (χ3v) is 4.19. The van der Waals surface area contributed by atoms with Crippen molar-refractivity contribution in [2.24, 2.45) is 0 Å². The van der Waals surface area contributed by atoms with Crippen LogP contribution >= 0.6 is 0 Å². The number of alkyl halides is 1. The van der Waals surface area contributed by atoms with Gasteiger partial charge in [-0.25, -0.2) is 9.18 Å². The standard InChI is InChI=1S/C19H24FNO4/c1-4-5-11-24-18(23)19(2,3)21-13-25-15(12-20)16(17(21)22)14-9-7-6-8-10-14/h6-10H,4-5,11-13H2,1-3H3. The SMILES string of the molecule is CCCCOC(=O)C(C)(C)N1COC(CF)=C(c2ccccc2)C1=O. The van der Waals surface area contributed by atoms with Gasteiger partial charge >= 0.3 is 5.97 Å². The van der Waals surface area contributed by atoms with Crippen LogP contribution < -0.4 is 0 Å². The van der Waals surface area contributed by atoms with Crippen molar-refractivity contribution in [1.82, 2.24) is 4.90 Å². The number of amides is 1. The van der Waals surface area contributed by atoms with Gasteiger partial charge in [0.1, 0.15) is 18.0 Å². The van der Waals surface area contributed by atoms with Crippen LogP contribution in [0, 0.1) is 0 Å². The molecule has 6 heteroatoms. The largest absolute Gasteiger partial charge is 0.474 e. The van der Waals surface area contributed by atoms with Crippen LogP contribution in [0.25, 0.3) is 5.57 Å². The number of unbranched alkanes of at least 4 members (excludes halogenated alkanes) is 1. The number of halogens is 1. The monoisotopic (exact) mass is 349 g/mol. The Kier molecular flexibility index (Phi) is 6.17. The summed E-state index contributed by atoms with van der Waals surface area (Å²) in [6, 6.07) is 8.74. The van der Waals surface area contributed by atoms with E-state index in [1.807, 2.05) is 6.92 Å². The van der Waals surface area contributed by atoms with Crippen molar-refractivity contribution in [1.29, 1.82) is 0 Å². The first-order chi connectivity index (χ1) is 11.9. The Labute approximate surface area is 147 Å². The first-order valence-corrected chi connectivity index (χ1v) is 8.40. The fraction of sp³-hybridized carbons (Fsp3) is 0.474. The molecule has 1 heterocycles. The summed E-state index contributed by atoms with van der Waals surface area (Å²) in [5.74, 6) is -0.959. The normalized spacial score (nSPS) is 15.2. The summed E-state index contributed by atoms with van der Waals surface area (Å²) in [5, 5.41) is 0. The second-order valence-electron chi connectivity index (χ2n) is 6.35. The van der Waals surface area contributed by atoms with E-state index in [1.165, 1.54) is 4.90 Å². The summed E-state index contributed by atoms with van der Waals surface area (Å²) in [5.41, 5.74) is -0.518. The van der Waals surface area contributed by atoms with Crippen LogP contribution in [0.4, 0.5) is 4.39 Å². The van der Waals surface area contributed by atoms with Gasteiger partial charge in [0.25, 0.3) is 5.91 Å². The number of hydrogen-bond acceptors (Lipinski definition) is 4. The molecule has 0 aromatic heterocycles. The molecule has 1 amide bonds. The molecule has 0 unspecified atom stereocenters. The third-order valence-electron chi connectivity index (χ3n) is 4.19. The van der Waals surface area contributed by atoms with E-state index >= 15 is 0 Å². The molecule has 5 nitrogen and oxygen atoms in total. The molecule has 0 atom stereocenters. The van der Waals surface area contributed by atoms with Gasteiger partial charge in [0.2, 0.25) is 0 Å². The van der Waals surface area contributed by atoms with Crippen LogP contribution in [0.1, 0.15) is 39.2 Å². The predicted molar refractivity (Wildman–Crippen MR) is 92.1 cm³/mol. The molecule has 1 aromatic carbocycles. The highest BCUT2D eigenvalue weighted by Crippen LogP contribution is 2.31. The Hall–Kier alpha value is -2.37. The number of benzene rings is 1. The van der Waals surface area contributed by atoms with Crippen molar-refractivity contribution < 1.29 is 23.5 Å². The van der Waals surface area contributed by atoms with Crippen molar-refractivity contribution in [3.05, 3.63) is 41.7 Å². The number of hydrogen-bond donors (Lipinski definition) is 0. The minimum absolute atomic E-state index is 0.0115. The summed E-state index contributed by atoms with van der Waals surface area (Å²) >= 11 is 0. The Morgan fingerprint density at radius 3 is 2.60 bits per heavy atom. The number of ether oxygens (including phenoxy) is 2. The molecule has 0 bridgehead atoms. The summed E-state index contributed by atoms with van der Waals surface area (Å²) in [7, 11) is 0. The Morgan fingerprint density at radius 2 is 2.00 bits per heavy atom. The molecule has 0 radical (unpaired) electrons. The van der Waals surface area contributed by atoms with Crippen LogP contribution in [0.5, 0.6) is 0 Å². The van der Waals surface area contributed by atoms with Crippen molar-refractivity contribution in [2.45, 2.75) is 39.2 Å². The number of allylic oxidation sites excluding steroid dienone is 1. The van der Waals surface area contributed by atoms with Crippen LogP contribution in [-0.2, 0) is 19.1 Å². The maximum atomic E-state index is 13.3. The van der Waals surface area contributed by atoms with Crippen molar-refractivity contribution in [3.63, 3.8) is 0 Å². The van der Waals surface area contributed by atoms with Crippen molar-refractivity contribution in [3.8, 4) is 0 Å². The highest BCUT2D eigenvalue weighted by Gasteiger charge is 2.43. The first-order valence-electron chi connectivity index (χ1n) is 8.40. The van der Waals surface area contributed by atoms with Gasteiger partial charge in [0, 0.05) is 0 Å². The molecule has 2 rings (SSSR count). The van der Waals surface area contributed by atoms with E-state index in [-0.39, 0.29) is 18.1 Å². The molecule has 25 heavy (non-hydrogen) atoms. The molecule has 1 aliphatic rings. The molecular formula is C19H24FNO4. The van der Waals surface area contributed by atoms with Gasteiger partial charge in [0.15, 0.2) is 6.73 Å². The van der Waals surface area contributed by atoms with Gasteiger partial charge in [-0.3, -0.25) is 9.69 Å². The molecule has 1 aromatic rings. The third kappa shape index (κ3) is 4.00. The number of carbonyl (C=O) groups is 2. The molecule has 0 aliphatic carbocycles. The summed E-state index contributed by atoms with van der Waals surface area (Å²) in [6.45, 7) is 4.43. The van der Waals surface area contributed by atoms with E-state index in [1.54, 1.807) is 44.2 Å². The zero-order valence-electron chi connectivity index (χ0n) is 14.9. The molecule has 0 N–H and O–H groups in total. The Balaban J connectivity index is 2.28. The van der Waals surface area contributed by atoms with E-state index in [0.717, 1.165) is 12.8 Å². The van der Waals surface area contributed by atoms with Crippen LogP contribution in [0.3, 0.4) is 0 Å². The Morgan fingerprint density at radius 1 is 1.32 bits per heavy atom. The zero-order chi connectivity index (χ0) is 18.4. The molecule has 0 spiro atoms. The van der Waals surface area contributed by atoms with Crippen LogP contribution in [0.2, 0.25) is 0 Å². The average molecular weight is 349 g/mol. The van der Waals surface area contributed by atoms with E-state index in [4.69, 9.17) is 9.47 Å². The second-order valence-corrected chi connectivity index (χ2v) is 6.35. The minimum Gasteiger partial charge on any atom is -0.474 e. The van der Waals surface area contributed by atoms with Gasteiger partial charge in [0.05, 0.1) is 12.2 Å². The quantitative estimate of drug-likeness (QED) is 0.560. The van der Waals surface area contributed by atoms with Crippen molar-refractivity contribution >= 4 is 17.4 Å². The molecule has 0 fully saturated rings. The molecule has 0 saturated carbocycles. The average Bonchev–Trinajstić information content (AvgIpc) is 2.61. The summed E-state index contributed by atoms with van der Waals surface area (Å²) in [4.78, 5) is 26.7.